The van der Waals surface area contributed by atoms with Crippen molar-refractivity contribution in [3.05, 3.63) is 35.1 Å². The van der Waals surface area contributed by atoms with Crippen LogP contribution >= 0.6 is 0 Å². The lowest BCUT2D eigenvalue weighted by atomic mass is 10.1. The van der Waals surface area contributed by atoms with Crippen molar-refractivity contribution in [1.29, 1.82) is 0 Å². The van der Waals surface area contributed by atoms with Crippen LogP contribution < -0.4 is 5.73 Å². The molecule has 0 bridgehead atoms. The molecule has 1 aromatic rings. The predicted molar refractivity (Wildman–Crippen MR) is 66.7 cm³/mol. The molecule has 1 unspecified atom stereocenters. The number of hydrogen-bond donors (Lipinski definition) is 1. The monoisotopic (exact) mass is 259 g/mol. The van der Waals surface area contributed by atoms with Crippen molar-refractivity contribution in [3.63, 3.8) is 0 Å². The molecule has 17 heavy (non-hydrogen) atoms. The zero-order chi connectivity index (χ0) is 13.1. The third kappa shape index (κ3) is 3.51. The highest BCUT2D eigenvalue weighted by Crippen LogP contribution is 2.18. The van der Waals surface area contributed by atoms with E-state index < -0.39 is 20.9 Å². The van der Waals surface area contributed by atoms with Gasteiger partial charge in [0, 0.05) is 6.54 Å². The second kappa shape index (κ2) is 5.60. The Kier molecular flexibility index (Phi) is 4.65. The normalized spacial score (nSPS) is 13.6. The predicted octanol–water partition coefficient (Wildman–Crippen LogP) is 2.00. The molecular weight excluding hydrogens is 241 g/mol. The first-order chi connectivity index (χ1) is 7.90. The summed E-state index contributed by atoms with van der Waals surface area (Å²) >= 11 is 0. The van der Waals surface area contributed by atoms with Crippen molar-refractivity contribution in [2.45, 2.75) is 37.8 Å². The van der Waals surface area contributed by atoms with Crippen LogP contribution in [0.3, 0.4) is 0 Å². The number of benzene rings is 1. The van der Waals surface area contributed by atoms with Gasteiger partial charge < -0.3 is 5.73 Å². The van der Waals surface area contributed by atoms with Gasteiger partial charge in [0.25, 0.3) is 0 Å². The number of sulfone groups is 1. The van der Waals surface area contributed by atoms with E-state index in [1.165, 1.54) is 18.2 Å². The summed E-state index contributed by atoms with van der Waals surface area (Å²) in [5.41, 5.74) is 6.66. The van der Waals surface area contributed by atoms with Crippen molar-refractivity contribution in [2.75, 3.05) is 0 Å². The molecule has 1 atom stereocenters. The van der Waals surface area contributed by atoms with Crippen LogP contribution in [0.15, 0.2) is 18.2 Å². The summed E-state index contributed by atoms with van der Waals surface area (Å²) in [6.07, 6.45) is 0.551. The Balaban J connectivity index is 3.06. The second-order valence-electron chi connectivity index (χ2n) is 4.14. The van der Waals surface area contributed by atoms with Gasteiger partial charge in [0.2, 0.25) is 0 Å². The zero-order valence-electron chi connectivity index (χ0n) is 10.1. The number of halogens is 1. The fourth-order valence-corrected chi connectivity index (χ4v) is 3.04. The minimum Gasteiger partial charge on any atom is -0.326 e. The summed E-state index contributed by atoms with van der Waals surface area (Å²) in [5, 5.41) is -0.420. The average molecular weight is 259 g/mol. The maximum atomic E-state index is 13.1. The molecule has 0 aliphatic rings. The van der Waals surface area contributed by atoms with Gasteiger partial charge in [-0.05, 0) is 36.6 Å². The minimum atomic E-state index is -3.23. The molecule has 5 heteroatoms. The molecule has 0 fully saturated rings. The Morgan fingerprint density at radius 2 is 2.00 bits per heavy atom. The summed E-state index contributed by atoms with van der Waals surface area (Å²) in [7, 11) is -3.23. The molecule has 2 N–H and O–H groups in total. The van der Waals surface area contributed by atoms with E-state index in [0.717, 1.165) is 0 Å². The Bertz CT molecular complexity index is 485. The number of rotatable bonds is 5. The second-order valence-corrected chi connectivity index (χ2v) is 6.56. The van der Waals surface area contributed by atoms with E-state index in [2.05, 4.69) is 0 Å². The molecule has 0 aliphatic carbocycles. The van der Waals surface area contributed by atoms with E-state index >= 15 is 0 Å². The summed E-state index contributed by atoms with van der Waals surface area (Å²) in [5.74, 6) is -0.580. The van der Waals surface area contributed by atoms with Gasteiger partial charge in [-0.1, -0.05) is 13.0 Å². The summed E-state index contributed by atoms with van der Waals surface area (Å²) in [6.45, 7) is 3.69. The summed E-state index contributed by atoms with van der Waals surface area (Å²) in [6, 6.07) is 4.08. The Hall–Kier alpha value is -0.940. The molecule has 0 spiro atoms. The van der Waals surface area contributed by atoms with Crippen LogP contribution in [0.1, 0.15) is 31.4 Å². The highest BCUT2D eigenvalue weighted by molar-refractivity contribution is 7.91. The van der Waals surface area contributed by atoms with E-state index in [0.29, 0.717) is 17.5 Å². The van der Waals surface area contributed by atoms with E-state index in [9.17, 15) is 12.8 Å². The van der Waals surface area contributed by atoms with Crippen molar-refractivity contribution in [2.24, 2.45) is 5.73 Å². The molecule has 0 heterocycles. The molecular formula is C12H18FNO2S. The molecule has 1 aromatic carbocycles. The van der Waals surface area contributed by atoms with Crippen LogP contribution in [0, 0.1) is 5.82 Å². The fourth-order valence-electron chi connectivity index (χ4n) is 1.54. The minimum absolute atomic E-state index is 0.147. The fraction of sp³-hybridized carbons (Fsp3) is 0.500. The van der Waals surface area contributed by atoms with Crippen LogP contribution in [0.5, 0.6) is 0 Å². The molecule has 0 amide bonds. The topological polar surface area (TPSA) is 60.2 Å². The Morgan fingerprint density at radius 1 is 1.35 bits per heavy atom. The van der Waals surface area contributed by atoms with Crippen molar-refractivity contribution in [1.82, 2.24) is 0 Å². The van der Waals surface area contributed by atoms with Crippen LogP contribution in [0.25, 0.3) is 0 Å². The van der Waals surface area contributed by atoms with Gasteiger partial charge in [-0.25, -0.2) is 12.8 Å². The third-order valence-electron chi connectivity index (χ3n) is 2.93. The lowest BCUT2D eigenvalue weighted by Crippen LogP contribution is -2.20. The van der Waals surface area contributed by atoms with Gasteiger partial charge in [0.1, 0.15) is 5.82 Å². The highest BCUT2D eigenvalue weighted by Gasteiger charge is 2.21. The molecule has 0 radical (unpaired) electrons. The van der Waals surface area contributed by atoms with Gasteiger partial charge in [-0.2, -0.15) is 0 Å². The molecule has 0 aliphatic heterocycles. The van der Waals surface area contributed by atoms with Gasteiger partial charge >= 0.3 is 0 Å². The first-order valence-corrected chi connectivity index (χ1v) is 7.31. The first kappa shape index (κ1) is 14.1. The third-order valence-corrected chi connectivity index (χ3v) is 5.21. The van der Waals surface area contributed by atoms with Gasteiger partial charge in [0.15, 0.2) is 9.84 Å². The van der Waals surface area contributed by atoms with Gasteiger partial charge in [0.05, 0.1) is 11.0 Å². The Labute approximate surface area is 102 Å². The van der Waals surface area contributed by atoms with Crippen LogP contribution in [0.2, 0.25) is 0 Å². The molecule has 0 saturated heterocycles. The molecule has 0 aromatic heterocycles. The lowest BCUT2D eigenvalue weighted by molar-refractivity contribution is 0.579. The van der Waals surface area contributed by atoms with E-state index in [-0.39, 0.29) is 12.3 Å². The van der Waals surface area contributed by atoms with Crippen LogP contribution in [-0.4, -0.2) is 13.7 Å². The Morgan fingerprint density at radius 3 is 2.53 bits per heavy atom. The molecule has 3 nitrogen and oxygen atoms in total. The standard InChI is InChI=1S/C12H18FNO2S/c1-3-9(2)17(15,16)8-11-6-12(13)5-4-10(11)7-14/h4-6,9H,3,7-8,14H2,1-2H3. The van der Waals surface area contributed by atoms with Gasteiger partial charge in [-0.3, -0.25) is 0 Å². The van der Waals surface area contributed by atoms with Crippen LogP contribution in [0.4, 0.5) is 4.39 Å². The van der Waals surface area contributed by atoms with Crippen LogP contribution in [-0.2, 0) is 22.1 Å². The van der Waals surface area contributed by atoms with E-state index in [1.54, 1.807) is 6.92 Å². The molecule has 96 valence electrons. The van der Waals surface area contributed by atoms with Crippen molar-refractivity contribution >= 4 is 9.84 Å². The van der Waals surface area contributed by atoms with E-state index in [1.807, 2.05) is 6.92 Å². The maximum Gasteiger partial charge on any atom is 0.157 e. The summed E-state index contributed by atoms with van der Waals surface area (Å²) < 4.78 is 37.0. The number of hydrogen-bond acceptors (Lipinski definition) is 3. The quantitative estimate of drug-likeness (QED) is 0.879. The smallest absolute Gasteiger partial charge is 0.157 e. The molecule has 0 saturated carbocycles. The van der Waals surface area contributed by atoms with E-state index in [4.69, 9.17) is 5.73 Å². The highest BCUT2D eigenvalue weighted by atomic mass is 32.2. The molecule has 1 rings (SSSR count). The first-order valence-electron chi connectivity index (χ1n) is 5.59. The summed E-state index contributed by atoms with van der Waals surface area (Å²) in [4.78, 5) is 0. The number of nitrogens with two attached hydrogens (primary N) is 1. The lowest BCUT2D eigenvalue weighted by Gasteiger charge is -2.13. The SMILES string of the molecule is CCC(C)S(=O)(=O)Cc1cc(F)ccc1CN. The largest absolute Gasteiger partial charge is 0.326 e. The zero-order valence-corrected chi connectivity index (χ0v) is 10.9. The van der Waals surface area contributed by atoms with Gasteiger partial charge in [-0.15, -0.1) is 0 Å². The van der Waals surface area contributed by atoms with Crippen molar-refractivity contribution in [3.8, 4) is 0 Å². The maximum absolute atomic E-state index is 13.1. The average Bonchev–Trinajstić information content (AvgIpc) is 2.27. The van der Waals surface area contributed by atoms with Crippen molar-refractivity contribution < 1.29 is 12.8 Å².